The fourth-order valence-electron chi connectivity index (χ4n) is 4.21. The van der Waals surface area contributed by atoms with Crippen molar-refractivity contribution in [2.45, 2.75) is 77.6 Å². The lowest BCUT2D eigenvalue weighted by atomic mass is 9.69. The van der Waals surface area contributed by atoms with Crippen molar-refractivity contribution in [3.63, 3.8) is 0 Å². The van der Waals surface area contributed by atoms with Crippen LogP contribution in [0.3, 0.4) is 0 Å². The molecule has 0 aliphatic heterocycles. The smallest absolute Gasteiger partial charge is 0.206 e. The third kappa shape index (κ3) is 5.59. The Balaban J connectivity index is 1.72. The molecule has 2 saturated carbocycles. The maximum Gasteiger partial charge on any atom is 0.301 e. The zero-order valence-corrected chi connectivity index (χ0v) is 14.2. The first kappa shape index (κ1) is 18.4. The van der Waals surface area contributed by atoms with Gasteiger partial charge < -0.3 is 0 Å². The van der Waals surface area contributed by atoms with Gasteiger partial charge in [-0.15, -0.1) is 5.92 Å². The number of unbranched alkanes of at least 4 members (excludes halogenated alkanes) is 2. The molecule has 2 fully saturated rings. The second kappa shape index (κ2) is 9.40. The van der Waals surface area contributed by atoms with Crippen molar-refractivity contribution < 1.29 is 13.2 Å². The highest BCUT2D eigenvalue weighted by Crippen LogP contribution is 2.43. The van der Waals surface area contributed by atoms with Crippen LogP contribution in [0.4, 0.5) is 13.2 Å². The van der Waals surface area contributed by atoms with Crippen molar-refractivity contribution in [3.8, 4) is 11.8 Å². The molecule has 0 unspecified atom stereocenters. The average molecular weight is 326 g/mol. The molecular weight excluding hydrogens is 297 g/mol. The Labute approximate surface area is 138 Å². The van der Waals surface area contributed by atoms with Crippen molar-refractivity contribution in [2.75, 3.05) is 0 Å². The van der Waals surface area contributed by atoms with Crippen molar-refractivity contribution >= 4 is 0 Å². The van der Waals surface area contributed by atoms with E-state index in [0.29, 0.717) is 30.6 Å². The first-order chi connectivity index (χ1) is 11.1. The van der Waals surface area contributed by atoms with Gasteiger partial charge in [0.05, 0.1) is 0 Å². The quantitative estimate of drug-likeness (QED) is 0.390. The molecule has 23 heavy (non-hydrogen) atoms. The molecule has 3 heteroatoms. The molecule has 0 aromatic heterocycles. The van der Waals surface area contributed by atoms with E-state index in [1.165, 1.54) is 38.5 Å². The highest BCUT2D eigenvalue weighted by Gasteiger charge is 2.32. The van der Waals surface area contributed by atoms with E-state index in [-0.39, 0.29) is 0 Å². The normalized spacial score (nSPS) is 31.1. The molecular formula is C20H29F3. The summed E-state index contributed by atoms with van der Waals surface area (Å²) in [5.41, 5.74) is 0. The molecule has 0 radical (unpaired) electrons. The second-order valence-electron chi connectivity index (χ2n) is 7.26. The van der Waals surface area contributed by atoms with Gasteiger partial charge in [0.15, 0.2) is 5.83 Å². The topological polar surface area (TPSA) is 0 Å². The van der Waals surface area contributed by atoms with Crippen LogP contribution in [0, 0.1) is 35.5 Å². The summed E-state index contributed by atoms with van der Waals surface area (Å²) in [4.78, 5) is 0. The molecule has 0 spiro atoms. The van der Waals surface area contributed by atoms with E-state index in [0.717, 1.165) is 19.3 Å². The molecule has 0 saturated heterocycles. The van der Waals surface area contributed by atoms with E-state index in [1.807, 2.05) is 0 Å². The molecule has 0 aromatic rings. The Morgan fingerprint density at radius 1 is 0.870 bits per heavy atom. The summed E-state index contributed by atoms with van der Waals surface area (Å²) >= 11 is 0. The van der Waals surface area contributed by atoms with Gasteiger partial charge in [0.2, 0.25) is 0 Å². The Kier molecular flexibility index (Phi) is 7.53. The number of hydrogen-bond donors (Lipinski definition) is 0. The van der Waals surface area contributed by atoms with E-state index >= 15 is 0 Å². The van der Waals surface area contributed by atoms with Gasteiger partial charge in [0.1, 0.15) is 0 Å². The molecule has 0 amide bonds. The van der Waals surface area contributed by atoms with Gasteiger partial charge in [-0.25, -0.2) is 4.39 Å². The summed E-state index contributed by atoms with van der Waals surface area (Å²) in [5.74, 6) is 6.91. The van der Waals surface area contributed by atoms with Crippen molar-refractivity contribution in [3.05, 3.63) is 11.9 Å². The minimum Gasteiger partial charge on any atom is -0.206 e. The number of allylic oxidation sites excluding steroid dienone is 1. The minimum absolute atomic E-state index is 0.531. The van der Waals surface area contributed by atoms with E-state index in [2.05, 4.69) is 18.8 Å². The Morgan fingerprint density at radius 3 is 1.96 bits per heavy atom. The standard InChI is InChI=1S/C20H29F3/c1-2-3-4-5-6-15-7-9-16(10-8-15)17-11-13-18(14-12-17)19(21)20(22)23/h15-18H,2-4,7-14H2,1H3. The zero-order chi connectivity index (χ0) is 16.7. The molecule has 0 nitrogen and oxygen atoms in total. The highest BCUT2D eigenvalue weighted by atomic mass is 19.3. The summed E-state index contributed by atoms with van der Waals surface area (Å²) in [6.07, 6.45) is 9.05. The zero-order valence-electron chi connectivity index (χ0n) is 14.2. The Morgan fingerprint density at radius 2 is 1.43 bits per heavy atom. The van der Waals surface area contributed by atoms with Crippen LogP contribution < -0.4 is 0 Å². The van der Waals surface area contributed by atoms with E-state index in [4.69, 9.17) is 0 Å². The number of hydrogen-bond acceptors (Lipinski definition) is 0. The predicted molar refractivity (Wildman–Crippen MR) is 88.5 cm³/mol. The number of halogens is 3. The SMILES string of the molecule is CCCCC#CC1CCC(C2CCC(C(F)=C(F)F)CC2)CC1. The molecule has 2 aliphatic rings. The fourth-order valence-corrected chi connectivity index (χ4v) is 4.21. The van der Waals surface area contributed by atoms with Gasteiger partial charge in [0.25, 0.3) is 0 Å². The minimum atomic E-state index is -2.12. The average Bonchev–Trinajstić information content (AvgIpc) is 2.59. The summed E-state index contributed by atoms with van der Waals surface area (Å²) in [5, 5.41) is 0. The lowest BCUT2D eigenvalue weighted by Gasteiger charge is -2.36. The van der Waals surface area contributed by atoms with Gasteiger partial charge in [-0.1, -0.05) is 19.3 Å². The van der Waals surface area contributed by atoms with Gasteiger partial charge in [-0.3, -0.25) is 0 Å². The van der Waals surface area contributed by atoms with Gasteiger partial charge in [-0.05, 0) is 69.6 Å². The largest absolute Gasteiger partial charge is 0.301 e. The second-order valence-corrected chi connectivity index (χ2v) is 7.26. The monoisotopic (exact) mass is 326 g/mol. The summed E-state index contributed by atoms with van der Waals surface area (Å²) in [7, 11) is 0. The molecule has 0 heterocycles. The van der Waals surface area contributed by atoms with Crippen LogP contribution in [0.25, 0.3) is 0 Å². The summed E-state index contributed by atoms with van der Waals surface area (Å²) < 4.78 is 38.0. The molecule has 0 aromatic carbocycles. The van der Waals surface area contributed by atoms with Crippen LogP contribution >= 0.6 is 0 Å². The third-order valence-electron chi connectivity index (χ3n) is 5.71. The molecule has 0 atom stereocenters. The fraction of sp³-hybridized carbons (Fsp3) is 0.800. The molecule has 130 valence electrons. The van der Waals surface area contributed by atoms with Crippen molar-refractivity contribution in [1.82, 2.24) is 0 Å². The van der Waals surface area contributed by atoms with Crippen LogP contribution in [-0.4, -0.2) is 0 Å². The summed E-state index contributed by atoms with van der Waals surface area (Å²) in [6, 6.07) is 0. The molecule has 2 aliphatic carbocycles. The molecule has 0 bridgehead atoms. The van der Waals surface area contributed by atoms with E-state index in [1.54, 1.807) is 0 Å². The molecule has 0 N–H and O–H groups in total. The van der Waals surface area contributed by atoms with Crippen LogP contribution in [-0.2, 0) is 0 Å². The van der Waals surface area contributed by atoms with Crippen LogP contribution in [0.15, 0.2) is 11.9 Å². The van der Waals surface area contributed by atoms with Gasteiger partial charge >= 0.3 is 6.08 Å². The summed E-state index contributed by atoms with van der Waals surface area (Å²) in [6.45, 7) is 2.19. The lowest BCUT2D eigenvalue weighted by Crippen LogP contribution is -2.25. The third-order valence-corrected chi connectivity index (χ3v) is 5.71. The Bertz CT molecular complexity index is 437. The molecule has 2 rings (SSSR count). The maximum atomic E-state index is 13.3. The van der Waals surface area contributed by atoms with Gasteiger partial charge in [-0.2, -0.15) is 8.78 Å². The van der Waals surface area contributed by atoms with Crippen LogP contribution in [0.2, 0.25) is 0 Å². The predicted octanol–water partition coefficient (Wildman–Crippen LogP) is 6.87. The van der Waals surface area contributed by atoms with E-state index in [9.17, 15) is 13.2 Å². The highest BCUT2D eigenvalue weighted by molar-refractivity contribution is 5.05. The first-order valence-electron chi connectivity index (χ1n) is 9.30. The lowest BCUT2D eigenvalue weighted by molar-refractivity contribution is 0.155. The van der Waals surface area contributed by atoms with E-state index < -0.39 is 17.8 Å². The van der Waals surface area contributed by atoms with Crippen molar-refractivity contribution in [2.24, 2.45) is 23.7 Å². The van der Waals surface area contributed by atoms with Crippen molar-refractivity contribution in [1.29, 1.82) is 0 Å². The first-order valence-corrected chi connectivity index (χ1v) is 9.30. The van der Waals surface area contributed by atoms with Crippen LogP contribution in [0.1, 0.15) is 77.6 Å². The number of rotatable bonds is 4. The maximum absolute atomic E-state index is 13.3. The Hall–Kier alpha value is -0.910. The van der Waals surface area contributed by atoms with Gasteiger partial charge in [0, 0.05) is 18.3 Å². The van der Waals surface area contributed by atoms with Crippen LogP contribution in [0.5, 0.6) is 0 Å².